The van der Waals surface area contributed by atoms with Crippen LogP contribution in [0.3, 0.4) is 0 Å². The second-order valence-electron chi connectivity index (χ2n) is 2.49. The van der Waals surface area contributed by atoms with Gasteiger partial charge < -0.3 is 4.74 Å². The lowest BCUT2D eigenvalue weighted by molar-refractivity contribution is -0.135. The van der Waals surface area contributed by atoms with Gasteiger partial charge in [0.2, 0.25) is 0 Å². The maximum atomic E-state index is 11.2. The maximum absolute atomic E-state index is 11.2. The molecule has 0 aromatic heterocycles. The summed E-state index contributed by atoms with van der Waals surface area (Å²) < 4.78 is 5.65. The molecule has 0 amide bonds. The molecule has 0 N–H and O–H groups in total. The monoisotopic (exact) mass is 318 g/mol. The molecule has 0 fully saturated rings. The van der Waals surface area contributed by atoms with E-state index in [1.807, 2.05) is 30.3 Å². The molecule has 0 aliphatic carbocycles. The highest BCUT2D eigenvalue weighted by Crippen LogP contribution is 2.28. The van der Waals surface area contributed by atoms with Crippen molar-refractivity contribution in [3.8, 4) is 0 Å². The minimum atomic E-state index is -0.402. The van der Waals surface area contributed by atoms with Crippen molar-refractivity contribution in [2.75, 3.05) is 7.11 Å². The Morgan fingerprint density at radius 2 is 1.79 bits per heavy atom. The Hall–Kier alpha value is -0.610. The van der Waals surface area contributed by atoms with Gasteiger partial charge >= 0.3 is 5.97 Å². The normalized spacial score (nSPS) is 11.9. The fourth-order valence-corrected chi connectivity index (χ4v) is 1.71. The van der Waals surface area contributed by atoms with E-state index in [1.54, 1.807) is 0 Å². The van der Waals surface area contributed by atoms with E-state index in [-0.39, 0.29) is 0 Å². The molecule has 0 spiro atoms. The first-order valence-electron chi connectivity index (χ1n) is 3.86. The lowest BCUT2D eigenvalue weighted by Gasteiger charge is -2.02. The van der Waals surface area contributed by atoms with Crippen LogP contribution < -0.4 is 0 Å². The number of halogens is 2. The summed E-state index contributed by atoms with van der Waals surface area (Å²) in [5.41, 5.74) is 0.921. The Labute approximate surface area is 99.2 Å². The van der Waals surface area contributed by atoms with E-state index in [0.717, 1.165) is 5.56 Å². The summed E-state index contributed by atoms with van der Waals surface area (Å²) >= 11 is 6.49. The molecule has 4 heteroatoms. The van der Waals surface area contributed by atoms with Gasteiger partial charge in [0.15, 0.2) is 0 Å². The number of esters is 1. The molecule has 0 unspecified atom stereocenters. The predicted molar refractivity (Wildman–Crippen MR) is 63.2 cm³/mol. The first-order chi connectivity index (χ1) is 6.66. The Kier molecular flexibility index (Phi) is 4.35. The van der Waals surface area contributed by atoms with Crippen LogP contribution in [0, 0.1) is 0 Å². The Balaban J connectivity index is 3.05. The summed E-state index contributed by atoms with van der Waals surface area (Å²) in [4.78, 5) is 11.2. The summed E-state index contributed by atoms with van der Waals surface area (Å²) in [7, 11) is 1.34. The number of methoxy groups -OCH3 is 1. The van der Waals surface area contributed by atoms with Gasteiger partial charge in [0.25, 0.3) is 0 Å². The van der Waals surface area contributed by atoms with Gasteiger partial charge in [0.05, 0.1) is 7.11 Å². The zero-order chi connectivity index (χ0) is 10.6. The van der Waals surface area contributed by atoms with Gasteiger partial charge in [0.1, 0.15) is 4.48 Å². The average Bonchev–Trinajstić information content (AvgIpc) is 2.27. The molecule has 14 heavy (non-hydrogen) atoms. The second-order valence-corrected chi connectivity index (χ2v) is 4.07. The van der Waals surface area contributed by atoms with Crippen molar-refractivity contribution in [1.29, 1.82) is 0 Å². The van der Waals surface area contributed by atoms with Crippen molar-refractivity contribution in [3.05, 3.63) is 40.4 Å². The first-order valence-corrected chi connectivity index (χ1v) is 5.44. The molecule has 0 saturated carbocycles. The van der Waals surface area contributed by atoms with Crippen LogP contribution in [-0.4, -0.2) is 13.1 Å². The number of hydrogen-bond donors (Lipinski definition) is 0. The van der Waals surface area contributed by atoms with Crippen LogP contribution in [0.5, 0.6) is 0 Å². The summed E-state index contributed by atoms with van der Waals surface area (Å²) in [5, 5.41) is 0. The van der Waals surface area contributed by atoms with Crippen molar-refractivity contribution < 1.29 is 9.53 Å². The van der Waals surface area contributed by atoms with Gasteiger partial charge in [-0.15, -0.1) is 0 Å². The summed E-state index contributed by atoms with van der Waals surface area (Å²) in [6.07, 6.45) is 0. The van der Waals surface area contributed by atoms with Crippen LogP contribution in [0.15, 0.2) is 34.8 Å². The van der Waals surface area contributed by atoms with Crippen LogP contribution in [0.2, 0.25) is 0 Å². The highest BCUT2D eigenvalue weighted by molar-refractivity contribution is 9.16. The smallest absolute Gasteiger partial charge is 0.346 e. The van der Waals surface area contributed by atoms with Crippen LogP contribution in [0.25, 0.3) is 4.48 Å². The average molecular weight is 320 g/mol. The largest absolute Gasteiger partial charge is 0.465 e. The molecule has 0 aliphatic rings. The lowest BCUT2D eigenvalue weighted by Crippen LogP contribution is -2.00. The van der Waals surface area contributed by atoms with Crippen LogP contribution in [0.4, 0.5) is 0 Å². The van der Waals surface area contributed by atoms with Crippen molar-refractivity contribution in [2.24, 2.45) is 0 Å². The van der Waals surface area contributed by atoms with E-state index in [4.69, 9.17) is 0 Å². The third kappa shape index (κ3) is 2.69. The van der Waals surface area contributed by atoms with Gasteiger partial charge in [-0.25, -0.2) is 4.79 Å². The fraction of sp³-hybridized carbons (Fsp3) is 0.100. The predicted octanol–water partition coefficient (Wildman–Crippen LogP) is 3.32. The molecular weight excluding hydrogens is 312 g/mol. The maximum Gasteiger partial charge on any atom is 0.346 e. The molecular formula is C10H8Br2O2. The molecule has 1 aromatic rings. The minimum Gasteiger partial charge on any atom is -0.465 e. The van der Waals surface area contributed by atoms with Crippen LogP contribution >= 0.6 is 31.9 Å². The van der Waals surface area contributed by atoms with Gasteiger partial charge in [-0.2, -0.15) is 0 Å². The Bertz CT molecular complexity index is 358. The molecule has 0 radical (unpaired) electrons. The standard InChI is InChI=1S/C10H8Br2O2/c1-14-10(13)9(12)8(11)7-5-3-2-4-6-7/h2-6H,1H3/b9-8+. The fourth-order valence-electron chi connectivity index (χ4n) is 0.890. The molecule has 0 heterocycles. The molecule has 0 atom stereocenters. The second kappa shape index (κ2) is 5.32. The molecule has 0 saturated heterocycles. The number of rotatable bonds is 2. The number of carbonyl (C=O) groups excluding carboxylic acids is 1. The highest BCUT2D eigenvalue weighted by Gasteiger charge is 2.11. The quantitative estimate of drug-likeness (QED) is 0.617. The third-order valence-corrected chi connectivity index (χ3v) is 3.69. The van der Waals surface area contributed by atoms with E-state index < -0.39 is 5.97 Å². The van der Waals surface area contributed by atoms with Crippen molar-refractivity contribution in [2.45, 2.75) is 0 Å². The van der Waals surface area contributed by atoms with Crippen LogP contribution in [-0.2, 0) is 9.53 Å². The van der Waals surface area contributed by atoms with Crippen LogP contribution in [0.1, 0.15) is 5.56 Å². The summed E-state index contributed by atoms with van der Waals surface area (Å²) in [5.74, 6) is -0.402. The van der Waals surface area contributed by atoms with Gasteiger partial charge in [-0.1, -0.05) is 30.3 Å². The molecule has 0 bridgehead atoms. The summed E-state index contributed by atoms with van der Waals surface area (Å²) in [6.45, 7) is 0. The lowest BCUT2D eigenvalue weighted by atomic mass is 10.2. The number of hydrogen-bond acceptors (Lipinski definition) is 2. The Morgan fingerprint density at radius 3 is 2.29 bits per heavy atom. The first kappa shape index (κ1) is 11.5. The third-order valence-electron chi connectivity index (χ3n) is 1.58. The topological polar surface area (TPSA) is 26.3 Å². The number of ether oxygens (including phenoxy) is 1. The number of carbonyl (C=O) groups is 1. The SMILES string of the molecule is COC(=O)/C(Br)=C(\Br)c1ccccc1. The van der Waals surface area contributed by atoms with E-state index in [0.29, 0.717) is 8.96 Å². The molecule has 74 valence electrons. The van der Waals surface area contributed by atoms with Crippen molar-refractivity contribution in [1.82, 2.24) is 0 Å². The Morgan fingerprint density at radius 1 is 1.21 bits per heavy atom. The number of benzene rings is 1. The van der Waals surface area contributed by atoms with Gasteiger partial charge in [-0.3, -0.25) is 0 Å². The van der Waals surface area contributed by atoms with E-state index in [1.165, 1.54) is 7.11 Å². The van der Waals surface area contributed by atoms with E-state index in [9.17, 15) is 4.79 Å². The molecule has 1 aromatic carbocycles. The molecule has 1 rings (SSSR count). The molecule has 0 aliphatic heterocycles. The molecule has 2 nitrogen and oxygen atoms in total. The van der Waals surface area contributed by atoms with Crippen molar-refractivity contribution in [3.63, 3.8) is 0 Å². The van der Waals surface area contributed by atoms with E-state index in [2.05, 4.69) is 36.6 Å². The van der Waals surface area contributed by atoms with Crippen molar-refractivity contribution >= 4 is 42.3 Å². The van der Waals surface area contributed by atoms with Gasteiger partial charge in [0, 0.05) is 4.48 Å². The highest BCUT2D eigenvalue weighted by atomic mass is 79.9. The van der Waals surface area contributed by atoms with Gasteiger partial charge in [-0.05, 0) is 37.4 Å². The zero-order valence-electron chi connectivity index (χ0n) is 7.46. The van der Waals surface area contributed by atoms with E-state index >= 15 is 0 Å². The zero-order valence-corrected chi connectivity index (χ0v) is 10.6. The minimum absolute atomic E-state index is 0.381. The summed E-state index contributed by atoms with van der Waals surface area (Å²) in [6, 6.07) is 9.50.